The number of hydrogen-bond donors (Lipinski definition) is 2. The van der Waals surface area contributed by atoms with E-state index in [0.29, 0.717) is 13.1 Å². The number of piperidine rings is 1. The number of aliphatic hydroxyl groups excluding tert-OH is 1. The Morgan fingerprint density at radius 3 is 2.94 bits per heavy atom. The molecule has 1 unspecified atom stereocenters. The van der Waals surface area contributed by atoms with E-state index in [2.05, 4.69) is 19.2 Å². The maximum absolute atomic E-state index is 11.8. The molecule has 4 heteroatoms. The molecule has 18 heavy (non-hydrogen) atoms. The van der Waals surface area contributed by atoms with Crippen molar-refractivity contribution in [3.05, 3.63) is 0 Å². The quantitative estimate of drug-likeness (QED) is 0.679. The van der Waals surface area contributed by atoms with Crippen molar-refractivity contribution < 1.29 is 9.90 Å². The van der Waals surface area contributed by atoms with E-state index in [1.165, 1.54) is 19.3 Å². The van der Waals surface area contributed by atoms with Crippen molar-refractivity contribution in [1.29, 1.82) is 0 Å². The number of β-amino-alcohol motifs (C(OH)–C–C–N with tert-alkyl or cyclic N) is 1. The van der Waals surface area contributed by atoms with Crippen LogP contribution < -0.4 is 5.32 Å². The van der Waals surface area contributed by atoms with E-state index in [-0.39, 0.29) is 18.1 Å². The average molecular weight is 256 g/mol. The molecule has 1 amide bonds. The smallest absolute Gasteiger partial charge is 0.234 e. The number of unbranched alkanes of at least 4 members (excludes halogenated alkanes) is 2. The largest absolute Gasteiger partial charge is 0.392 e. The number of nitrogens with zero attached hydrogens (tertiary/aromatic N) is 1. The highest BCUT2D eigenvalue weighted by Gasteiger charge is 2.20. The lowest BCUT2D eigenvalue weighted by molar-refractivity contribution is -0.123. The fourth-order valence-corrected chi connectivity index (χ4v) is 2.47. The molecule has 4 nitrogen and oxygen atoms in total. The third-order valence-corrected chi connectivity index (χ3v) is 3.50. The van der Waals surface area contributed by atoms with Gasteiger partial charge in [0, 0.05) is 12.6 Å². The Balaban J connectivity index is 2.15. The first-order chi connectivity index (χ1) is 8.61. The molecule has 0 bridgehead atoms. The zero-order chi connectivity index (χ0) is 13.4. The molecular formula is C14H28N2O2. The maximum atomic E-state index is 11.8. The molecule has 1 aliphatic rings. The van der Waals surface area contributed by atoms with Crippen molar-refractivity contribution in [3.8, 4) is 0 Å². The van der Waals surface area contributed by atoms with Crippen LogP contribution >= 0.6 is 0 Å². The number of aliphatic hydroxyl groups is 1. The lowest BCUT2D eigenvalue weighted by Gasteiger charge is -2.29. The summed E-state index contributed by atoms with van der Waals surface area (Å²) in [6, 6.07) is 0.263. The predicted octanol–water partition coefficient (Wildman–Crippen LogP) is 1.53. The predicted molar refractivity (Wildman–Crippen MR) is 73.4 cm³/mol. The van der Waals surface area contributed by atoms with Crippen LogP contribution in [-0.4, -0.2) is 47.7 Å². The molecule has 2 atom stereocenters. The third kappa shape index (κ3) is 6.36. The lowest BCUT2D eigenvalue weighted by Crippen LogP contribution is -2.45. The van der Waals surface area contributed by atoms with Gasteiger partial charge in [-0.15, -0.1) is 0 Å². The number of carbonyl (C=O) groups excluding carboxylic acids is 1. The number of hydrogen-bond acceptors (Lipinski definition) is 3. The highest BCUT2D eigenvalue weighted by molar-refractivity contribution is 5.78. The molecule has 1 heterocycles. The Hall–Kier alpha value is -0.610. The zero-order valence-corrected chi connectivity index (χ0v) is 11.8. The summed E-state index contributed by atoms with van der Waals surface area (Å²) in [5.41, 5.74) is 0. The van der Waals surface area contributed by atoms with Gasteiger partial charge in [-0.2, -0.15) is 0 Å². The van der Waals surface area contributed by atoms with E-state index in [9.17, 15) is 9.90 Å². The lowest BCUT2D eigenvalue weighted by atomic mass is 10.1. The van der Waals surface area contributed by atoms with E-state index in [1.54, 1.807) is 0 Å². The van der Waals surface area contributed by atoms with E-state index < -0.39 is 0 Å². The van der Waals surface area contributed by atoms with Crippen LogP contribution in [0.4, 0.5) is 0 Å². The molecule has 1 aliphatic heterocycles. The van der Waals surface area contributed by atoms with E-state index >= 15 is 0 Å². The van der Waals surface area contributed by atoms with Gasteiger partial charge in [-0.1, -0.05) is 26.2 Å². The summed E-state index contributed by atoms with van der Waals surface area (Å²) in [6.45, 7) is 6.24. The van der Waals surface area contributed by atoms with Gasteiger partial charge in [-0.3, -0.25) is 9.69 Å². The maximum Gasteiger partial charge on any atom is 0.234 e. The van der Waals surface area contributed by atoms with Gasteiger partial charge in [0.2, 0.25) is 5.91 Å². The number of likely N-dealkylation sites (tertiary alicyclic amines) is 1. The summed E-state index contributed by atoms with van der Waals surface area (Å²) in [5.74, 6) is 0.0908. The molecule has 1 saturated heterocycles. The molecule has 1 rings (SSSR count). The Morgan fingerprint density at radius 2 is 2.28 bits per heavy atom. The van der Waals surface area contributed by atoms with Crippen molar-refractivity contribution in [3.63, 3.8) is 0 Å². The van der Waals surface area contributed by atoms with Crippen molar-refractivity contribution >= 4 is 5.91 Å². The Bertz CT molecular complexity index is 246. The fourth-order valence-electron chi connectivity index (χ4n) is 2.47. The van der Waals surface area contributed by atoms with Gasteiger partial charge in [0.25, 0.3) is 0 Å². The minimum absolute atomic E-state index is 0.0908. The molecule has 0 saturated carbocycles. The van der Waals surface area contributed by atoms with Crippen LogP contribution in [0.25, 0.3) is 0 Å². The minimum atomic E-state index is -0.256. The van der Waals surface area contributed by atoms with Crippen LogP contribution in [0.1, 0.15) is 52.4 Å². The van der Waals surface area contributed by atoms with Crippen LogP contribution in [0.3, 0.4) is 0 Å². The SMILES string of the molecule is CCCCCC(C)NC(=O)CN1CCC[C@H](O)C1. The van der Waals surface area contributed by atoms with E-state index in [1.807, 2.05) is 4.90 Å². The molecule has 1 fully saturated rings. The summed E-state index contributed by atoms with van der Waals surface area (Å²) in [6.07, 6.45) is 6.29. The summed E-state index contributed by atoms with van der Waals surface area (Å²) in [4.78, 5) is 13.9. The van der Waals surface area contributed by atoms with Gasteiger partial charge in [0.15, 0.2) is 0 Å². The average Bonchev–Trinajstić information content (AvgIpc) is 2.29. The third-order valence-electron chi connectivity index (χ3n) is 3.50. The van der Waals surface area contributed by atoms with Gasteiger partial charge in [0.05, 0.1) is 12.6 Å². The summed E-state index contributed by atoms with van der Waals surface area (Å²) in [5, 5.41) is 12.6. The van der Waals surface area contributed by atoms with Crippen molar-refractivity contribution in [2.45, 2.75) is 64.5 Å². The number of rotatable bonds is 7. The first-order valence-electron chi connectivity index (χ1n) is 7.31. The molecule has 0 aliphatic carbocycles. The van der Waals surface area contributed by atoms with Crippen LogP contribution in [0, 0.1) is 0 Å². The summed E-state index contributed by atoms with van der Waals surface area (Å²) >= 11 is 0. The van der Waals surface area contributed by atoms with Gasteiger partial charge < -0.3 is 10.4 Å². The second-order valence-electron chi connectivity index (χ2n) is 5.50. The first-order valence-corrected chi connectivity index (χ1v) is 7.31. The topological polar surface area (TPSA) is 52.6 Å². The standard InChI is InChI=1S/C14H28N2O2/c1-3-4-5-7-12(2)15-14(18)11-16-9-6-8-13(17)10-16/h12-13,17H,3-11H2,1-2H3,(H,15,18)/t12?,13-/m0/s1. The molecular weight excluding hydrogens is 228 g/mol. The monoisotopic (exact) mass is 256 g/mol. The molecule has 0 aromatic heterocycles. The van der Waals surface area contributed by atoms with Crippen molar-refractivity contribution in [2.24, 2.45) is 0 Å². The Kier molecular flexibility index (Phi) is 7.28. The van der Waals surface area contributed by atoms with E-state index in [0.717, 1.165) is 25.8 Å². The molecule has 0 spiro atoms. The molecule has 0 aromatic carbocycles. The number of nitrogens with one attached hydrogen (secondary N) is 1. The number of amides is 1. The van der Waals surface area contributed by atoms with Crippen LogP contribution in [0.2, 0.25) is 0 Å². The zero-order valence-electron chi connectivity index (χ0n) is 11.8. The highest BCUT2D eigenvalue weighted by atomic mass is 16.3. The first kappa shape index (κ1) is 15.4. The van der Waals surface area contributed by atoms with Crippen LogP contribution in [0.15, 0.2) is 0 Å². The van der Waals surface area contributed by atoms with Gasteiger partial charge in [-0.05, 0) is 32.7 Å². The molecule has 2 N–H and O–H groups in total. The minimum Gasteiger partial charge on any atom is -0.392 e. The van der Waals surface area contributed by atoms with Crippen molar-refractivity contribution in [1.82, 2.24) is 10.2 Å². The number of carbonyl (C=O) groups is 1. The normalized spacial score (nSPS) is 22.7. The second-order valence-corrected chi connectivity index (χ2v) is 5.50. The highest BCUT2D eigenvalue weighted by Crippen LogP contribution is 2.09. The van der Waals surface area contributed by atoms with E-state index in [4.69, 9.17) is 0 Å². The fraction of sp³-hybridized carbons (Fsp3) is 0.929. The summed E-state index contributed by atoms with van der Waals surface area (Å²) in [7, 11) is 0. The van der Waals surface area contributed by atoms with Crippen LogP contribution in [-0.2, 0) is 4.79 Å². The van der Waals surface area contributed by atoms with Gasteiger partial charge in [-0.25, -0.2) is 0 Å². The van der Waals surface area contributed by atoms with Gasteiger partial charge >= 0.3 is 0 Å². The molecule has 0 aromatic rings. The second kappa shape index (κ2) is 8.48. The Labute approximate surface area is 111 Å². The summed E-state index contributed by atoms with van der Waals surface area (Å²) < 4.78 is 0. The van der Waals surface area contributed by atoms with Gasteiger partial charge in [0.1, 0.15) is 0 Å². The van der Waals surface area contributed by atoms with Crippen LogP contribution in [0.5, 0.6) is 0 Å². The molecule has 0 radical (unpaired) electrons. The Morgan fingerprint density at radius 1 is 1.50 bits per heavy atom. The molecule has 106 valence electrons. The van der Waals surface area contributed by atoms with Crippen molar-refractivity contribution in [2.75, 3.05) is 19.6 Å².